The van der Waals surface area contributed by atoms with E-state index in [2.05, 4.69) is 10.1 Å². The van der Waals surface area contributed by atoms with Gasteiger partial charge in [-0.1, -0.05) is 23.5 Å². The molecule has 160 valence electrons. The molecule has 0 aliphatic heterocycles. The summed E-state index contributed by atoms with van der Waals surface area (Å²) < 4.78 is 19.0. The van der Waals surface area contributed by atoms with Gasteiger partial charge < -0.3 is 14.2 Å². The molecule has 9 heteroatoms. The van der Waals surface area contributed by atoms with Gasteiger partial charge in [0.2, 0.25) is 5.75 Å². The number of rotatable bonds is 8. The Hall–Kier alpha value is -3.59. The summed E-state index contributed by atoms with van der Waals surface area (Å²) in [5.41, 5.74) is 1.26. The lowest BCUT2D eigenvalue weighted by atomic mass is 10.1. The Morgan fingerprint density at radius 2 is 1.81 bits per heavy atom. The van der Waals surface area contributed by atoms with E-state index in [1.54, 1.807) is 27.9 Å². The minimum Gasteiger partial charge on any atom is -0.493 e. The molecule has 0 bridgehead atoms. The Labute approximate surface area is 183 Å². The lowest BCUT2D eigenvalue weighted by molar-refractivity contribution is 0.0985. The Morgan fingerprint density at radius 1 is 1.06 bits per heavy atom. The summed E-state index contributed by atoms with van der Waals surface area (Å²) >= 11 is 1.47. The minimum atomic E-state index is -0.217. The fraction of sp³-hybridized carbons (Fsp3) is 0.227. The molecule has 0 spiro atoms. The summed E-state index contributed by atoms with van der Waals surface area (Å²) in [4.78, 5) is 20.0. The van der Waals surface area contributed by atoms with Crippen LogP contribution in [-0.2, 0) is 6.54 Å². The molecule has 0 aliphatic rings. The highest BCUT2D eigenvalue weighted by Gasteiger charge is 2.24. The molecule has 0 saturated heterocycles. The van der Waals surface area contributed by atoms with E-state index in [9.17, 15) is 4.79 Å². The first-order chi connectivity index (χ1) is 15.1. The maximum absolute atomic E-state index is 13.6. The monoisotopic (exact) mass is 438 g/mol. The fourth-order valence-electron chi connectivity index (χ4n) is 3.26. The van der Waals surface area contributed by atoms with Gasteiger partial charge in [0.15, 0.2) is 16.6 Å². The van der Waals surface area contributed by atoms with E-state index in [0.29, 0.717) is 41.0 Å². The molecule has 0 N–H and O–H groups in total. The third-order valence-electron chi connectivity index (χ3n) is 4.78. The van der Waals surface area contributed by atoms with E-state index in [0.717, 1.165) is 10.2 Å². The number of fused-ring (bicyclic) bond motifs is 1. The summed E-state index contributed by atoms with van der Waals surface area (Å²) in [6, 6.07) is 13.0. The van der Waals surface area contributed by atoms with Gasteiger partial charge in [0.05, 0.1) is 38.1 Å². The third kappa shape index (κ3) is 4.17. The van der Waals surface area contributed by atoms with E-state index >= 15 is 0 Å². The molecule has 0 aliphatic carbocycles. The molecule has 0 saturated carbocycles. The summed E-state index contributed by atoms with van der Waals surface area (Å²) in [5.74, 6) is 1.05. The molecule has 2 heterocycles. The molecule has 0 unspecified atom stereocenters. The second-order valence-electron chi connectivity index (χ2n) is 6.60. The molecule has 8 nitrogen and oxygen atoms in total. The number of aromatic nitrogens is 3. The summed E-state index contributed by atoms with van der Waals surface area (Å²) in [6.45, 7) is 0.927. The second kappa shape index (κ2) is 9.05. The van der Waals surface area contributed by atoms with Gasteiger partial charge in [0.1, 0.15) is 0 Å². The van der Waals surface area contributed by atoms with Gasteiger partial charge in [0, 0.05) is 24.5 Å². The maximum Gasteiger partial charge on any atom is 0.260 e. The van der Waals surface area contributed by atoms with Crippen LogP contribution in [0, 0.1) is 0 Å². The van der Waals surface area contributed by atoms with Crippen molar-refractivity contribution >= 4 is 32.6 Å². The van der Waals surface area contributed by atoms with E-state index in [1.807, 2.05) is 36.5 Å². The van der Waals surface area contributed by atoms with Crippen LogP contribution in [0.25, 0.3) is 10.2 Å². The number of carbonyl (C=O) groups excluding carboxylic acids is 1. The summed E-state index contributed by atoms with van der Waals surface area (Å²) in [7, 11) is 4.57. The van der Waals surface area contributed by atoms with Gasteiger partial charge in [-0.05, 0) is 30.3 Å². The Bertz CT molecular complexity index is 1130. The van der Waals surface area contributed by atoms with Crippen molar-refractivity contribution in [1.29, 1.82) is 0 Å². The largest absolute Gasteiger partial charge is 0.493 e. The minimum absolute atomic E-state index is 0.217. The molecule has 0 atom stereocenters. The van der Waals surface area contributed by atoms with Crippen molar-refractivity contribution in [2.45, 2.75) is 6.54 Å². The van der Waals surface area contributed by atoms with Crippen molar-refractivity contribution in [3.8, 4) is 17.2 Å². The van der Waals surface area contributed by atoms with E-state index in [-0.39, 0.29) is 5.91 Å². The number of thiazole rings is 1. The zero-order valence-corrected chi connectivity index (χ0v) is 18.3. The number of para-hydroxylation sites is 1. The van der Waals surface area contributed by atoms with Crippen LogP contribution in [0.5, 0.6) is 17.2 Å². The first-order valence-corrected chi connectivity index (χ1v) is 10.4. The number of hydrogen-bond acceptors (Lipinski definition) is 7. The van der Waals surface area contributed by atoms with Crippen LogP contribution >= 0.6 is 11.3 Å². The Kier molecular flexibility index (Phi) is 6.03. The molecule has 31 heavy (non-hydrogen) atoms. The summed E-state index contributed by atoms with van der Waals surface area (Å²) in [6.07, 6.45) is 3.57. The first kappa shape index (κ1) is 20.7. The highest BCUT2D eigenvalue weighted by Crippen LogP contribution is 2.39. The van der Waals surface area contributed by atoms with Crippen molar-refractivity contribution < 1.29 is 19.0 Å². The van der Waals surface area contributed by atoms with Crippen molar-refractivity contribution in [3.05, 3.63) is 60.4 Å². The second-order valence-corrected chi connectivity index (χ2v) is 7.61. The van der Waals surface area contributed by atoms with Crippen LogP contribution in [0.15, 0.2) is 54.9 Å². The number of anilines is 1. The molecule has 1 amide bonds. The van der Waals surface area contributed by atoms with Crippen LogP contribution < -0.4 is 19.1 Å². The summed E-state index contributed by atoms with van der Waals surface area (Å²) in [5, 5.41) is 4.86. The van der Waals surface area contributed by atoms with Crippen LogP contribution in [-0.4, -0.2) is 48.5 Å². The maximum atomic E-state index is 13.6. The van der Waals surface area contributed by atoms with Gasteiger partial charge in [0.25, 0.3) is 5.91 Å². The highest BCUT2D eigenvalue weighted by atomic mass is 32.1. The highest BCUT2D eigenvalue weighted by molar-refractivity contribution is 7.22. The lowest BCUT2D eigenvalue weighted by Crippen LogP contribution is -2.34. The predicted octanol–water partition coefficient (Wildman–Crippen LogP) is 3.87. The third-order valence-corrected chi connectivity index (χ3v) is 5.84. The van der Waals surface area contributed by atoms with Crippen molar-refractivity contribution in [2.24, 2.45) is 0 Å². The van der Waals surface area contributed by atoms with Crippen molar-refractivity contribution in [2.75, 3.05) is 32.8 Å². The van der Waals surface area contributed by atoms with Crippen LogP contribution in [0.3, 0.4) is 0 Å². The molecule has 2 aromatic heterocycles. The average Bonchev–Trinajstić information content (AvgIpc) is 3.47. The number of nitrogens with zero attached hydrogens (tertiary/aromatic N) is 4. The molecular formula is C22H22N4O4S. The quantitative estimate of drug-likeness (QED) is 0.416. The van der Waals surface area contributed by atoms with E-state index in [1.165, 1.54) is 32.7 Å². The normalized spacial score (nSPS) is 10.8. The van der Waals surface area contributed by atoms with Crippen LogP contribution in [0.4, 0.5) is 5.13 Å². The molecule has 0 fully saturated rings. The SMILES string of the molecule is COc1cc(C(=O)N(CCn2cccn2)c2nc3ccccc3s2)cc(OC)c1OC. The van der Waals surface area contributed by atoms with Crippen LogP contribution in [0.1, 0.15) is 10.4 Å². The first-order valence-electron chi connectivity index (χ1n) is 9.59. The van der Waals surface area contributed by atoms with Gasteiger partial charge in [-0.15, -0.1) is 0 Å². The zero-order chi connectivity index (χ0) is 21.8. The van der Waals surface area contributed by atoms with Crippen LogP contribution in [0.2, 0.25) is 0 Å². The van der Waals surface area contributed by atoms with E-state index < -0.39 is 0 Å². The number of benzene rings is 2. The number of ether oxygens (including phenoxy) is 3. The number of amides is 1. The predicted molar refractivity (Wildman–Crippen MR) is 120 cm³/mol. The van der Waals surface area contributed by atoms with Crippen molar-refractivity contribution in [3.63, 3.8) is 0 Å². The fourth-order valence-corrected chi connectivity index (χ4v) is 4.25. The van der Waals surface area contributed by atoms with Gasteiger partial charge >= 0.3 is 0 Å². The molecular weight excluding hydrogens is 416 g/mol. The van der Waals surface area contributed by atoms with Gasteiger partial charge in [-0.25, -0.2) is 4.98 Å². The number of methoxy groups -OCH3 is 3. The smallest absolute Gasteiger partial charge is 0.260 e. The standard InChI is InChI=1S/C22H22N4O4S/c1-28-17-13-15(14-18(29-2)20(17)30-3)21(27)26(12-11-25-10-6-9-23-25)22-24-16-7-4-5-8-19(16)31-22/h4-10,13-14H,11-12H2,1-3H3. The lowest BCUT2D eigenvalue weighted by Gasteiger charge is -2.21. The topological polar surface area (TPSA) is 78.7 Å². The molecule has 4 aromatic rings. The Balaban J connectivity index is 1.74. The number of hydrogen-bond donors (Lipinski definition) is 0. The zero-order valence-electron chi connectivity index (χ0n) is 17.4. The number of carbonyl (C=O) groups is 1. The molecule has 2 aromatic carbocycles. The Morgan fingerprint density at radius 3 is 2.42 bits per heavy atom. The molecule has 4 rings (SSSR count). The average molecular weight is 439 g/mol. The van der Waals surface area contributed by atoms with E-state index in [4.69, 9.17) is 14.2 Å². The molecule has 0 radical (unpaired) electrons. The van der Waals surface area contributed by atoms with Gasteiger partial charge in [-0.2, -0.15) is 5.10 Å². The van der Waals surface area contributed by atoms with Gasteiger partial charge in [-0.3, -0.25) is 14.4 Å². The van der Waals surface area contributed by atoms with Crippen molar-refractivity contribution in [1.82, 2.24) is 14.8 Å².